The highest BCUT2D eigenvalue weighted by atomic mass is 16.4. The lowest BCUT2D eigenvalue weighted by Crippen LogP contribution is -2.13. The summed E-state index contributed by atoms with van der Waals surface area (Å²) in [5.41, 5.74) is 3.54. The second-order valence-electron chi connectivity index (χ2n) is 5.23. The van der Waals surface area contributed by atoms with Crippen LogP contribution in [0.25, 0.3) is 11.3 Å². The van der Waals surface area contributed by atoms with Crippen molar-refractivity contribution in [1.82, 2.24) is 14.8 Å². The van der Waals surface area contributed by atoms with E-state index < -0.39 is 11.9 Å². The second kappa shape index (κ2) is 5.59. The van der Waals surface area contributed by atoms with Crippen molar-refractivity contribution in [3.63, 3.8) is 0 Å². The van der Waals surface area contributed by atoms with E-state index in [0.29, 0.717) is 18.5 Å². The first-order valence-electron chi connectivity index (χ1n) is 7.06. The molecule has 0 saturated heterocycles. The molecule has 2 aromatic heterocycles. The normalized spacial score (nSPS) is 12.5. The summed E-state index contributed by atoms with van der Waals surface area (Å²) in [6.07, 6.45) is 5.12. The minimum absolute atomic E-state index is 0.00983. The fourth-order valence-corrected chi connectivity index (χ4v) is 2.85. The van der Waals surface area contributed by atoms with E-state index in [0.717, 1.165) is 23.1 Å². The van der Waals surface area contributed by atoms with Crippen molar-refractivity contribution >= 4 is 11.9 Å². The van der Waals surface area contributed by atoms with Crippen molar-refractivity contribution in [2.45, 2.75) is 32.2 Å². The predicted molar refractivity (Wildman–Crippen MR) is 76.7 cm³/mol. The lowest BCUT2D eigenvalue weighted by Gasteiger charge is -2.14. The molecule has 0 atom stereocenters. The van der Waals surface area contributed by atoms with Crippen molar-refractivity contribution in [2.24, 2.45) is 0 Å². The van der Waals surface area contributed by atoms with Crippen LogP contribution in [0.1, 0.15) is 34.5 Å². The van der Waals surface area contributed by atoms with Gasteiger partial charge in [-0.05, 0) is 30.9 Å². The molecule has 0 unspecified atom stereocenters. The zero-order valence-corrected chi connectivity index (χ0v) is 11.8. The third kappa shape index (κ3) is 2.45. The van der Waals surface area contributed by atoms with Crippen LogP contribution in [-0.4, -0.2) is 36.9 Å². The van der Waals surface area contributed by atoms with E-state index in [4.69, 9.17) is 5.11 Å². The van der Waals surface area contributed by atoms with Crippen LogP contribution in [0.4, 0.5) is 0 Å². The molecule has 7 nitrogen and oxygen atoms in total. The summed E-state index contributed by atoms with van der Waals surface area (Å²) in [7, 11) is 0. The number of hydrogen-bond acceptors (Lipinski definition) is 4. The summed E-state index contributed by atoms with van der Waals surface area (Å²) >= 11 is 0. The first-order chi connectivity index (χ1) is 10.6. The van der Waals surface area contributed by atoms with Gasteiger partial charge in [0.25, 0.3) is 0 Å². The van der Waals surface area contributed by atoms with E-state index in [1.54, 1.807) is 12.4 Å². The van der Waals surface area contributed by atoms with E-state index in [1.165, 1.54) is 4.68 Å². The molecule has 114 valence electrons. The zero-order chi connectivity index (χ0) is 15.7. The van der Waals surface area contributed by atoms with Crippen LogP contribution in [0.2, 0.25) is 0 Å². The molecule has 3 rings (SSSR count). The monoisotopic (exact) mass is 301 g/mol. The Morgan fingerprint density at radius 2 is 2.09 bits per heavy atom. The fourth-order valence-electron chi connectivity index (χ4n) is 2.85. The van der Waals surface area contributed by atoms with E-state index in [1.807, 2.05) is 6.07 Å². The predicted octanol–water partition coefficient (Wildman–Crippen LogP) is 1.61. The number of aromatic carboxylic acids is 1. The number of nitrogens with zero attached hydrogens (tertiary/aromatic N) is 3. The number of pyridine rings is 1. The summed E-state index contributed by atoms with van der Waals surface area (Å²) in [6.45, 7) is 0.279. The molecule has 0 saturated carbocycles. The molecule has 0 aromatic carbocycles. The van der Waals surface area contributed by atoms with E-state index >= 15 is 0 Å². The van der Waals surface area contributed by atoms with Gasteiger partial charge in [0.05, 0.1) is 5.69 Å². The number of carboxylic acid groups (broad SMARTS) is 2. The summed E-state index contributed by atoms with van der Waals surface area (Å²) < 4.78 is 1.42. The van der Waals surface area contributed by atoms with Crippen LogP contribution in [0.15, 0.2) is 18.5 Å². The average molecular weight is 301 g/mol. The molecule has 2 N–H and O–H groups in total. The van der Waals surface area contributed by atoms with Crippen LogP contribution in [0.5, 0.6) is 0 Å². The van der Waals surface area contributed by atoms with Gasteiger partial charge >= 0.3 is 11.9 Å². The maximum absolute atomic E-state index is 11.6. The van der Waals surface area contributed by atoms with E-state index in [-0.39, 0.29) is 18.7 Å². The number of fused-ring (bicyclic) bond motifs is 3. The number of aliphatic carboxylic acids is 1. The third-order valence-corrected chi connectivity index (χ3v) is 3.82. The molecule has 0 fully saturated rings. The van der Waals surface area contributed by atoms with Crippen molar-refractivity contribution in [1.29, 1.82) is 0 Å². The molecule has 22 heavy (non-hydrogen) atoms. The third-order valence-electron chi connectivity index (χ3n) is 3.82. The Hall–Kier alpha value is -2.70. The van der Waals surface area contributed by atoms with Gasteiger partial charge in [0.2, 0.25) is 0 Å². The Balaban J connectivity index is 2.01. The Bertz CT molecular complexity index is 751. The minimum atomic E-state index is -1.03. The van der Waals surface area contributed by atoms with Crippen molar-refractivity contribution in [3.8, 4) is 11.3 Å². The molecule has 0 aliphatic heterocycles. The molecule has 0 radical (unpaired) electrons. The van der Waals surface area contributed by atoms with Gasteiger partial charge < -0.3 is 10.2 Å². The Labute approximate surface area is 126 Å². The van der Waals surface area contributed by atoms with Crippen molar-refractivity contribution in [2.75, 3.05) is 0 Å². The average Bonchev–Trinajstić information content (AvgIpc) is 2.85. The van der Waals surface area contributed by atoms with Gasteiger partial charge in [0.15, 0.2) is 0 Å². The first kappa shape index (κ1) is 14.2. The first-order valence-corrected chi connectivity index (χ1v) is 7.06. The number of aromatic nitrogens is 3. The maximum Gasteiger partial charge on any atom is 0.354 e. The Morgan fingerprint density at radius 1 is 1.27 bits per heavy atom. The Kier molecular flexibility index (Phi) is 3.62. The maximum atomic E-state index is 11.6. The highest BCUT2D eigenvalue weighted by molar-refractivity contribution is 5.90. The van der Waals surface area contributed by atoms with Crippen molar-refractivity contribution in [3.05, 3.63) is 35.3 Å². The van der Waals surface area contributed by atoms with Crippen LogP contribution >= 0.6 is 0 Å². The quantitative estimate of drug-likeness (QED) is 0.869. The molecule has 0 amide bonds. The lowest BCUT2D eigenvalue weighted by atomic mass is 9.90. The zero-order valence-electron chi connectivity index (χ0n) is 11.8. The molecule has 2 heterocycles. The topological polar surface area (TPSA) is 105 Å². The van der Waals surface area contributed by atoms with Gasteiger partial charge in [-0.2, -0.15) is 5.10 Å². The lowest BCUT2D eigenvalue weighted by molar-refractivity contribution is -0.137. The number of rotatable bonds is 5. The van der Waals surface area contributed by atoms with Gasteiger partial charge in [-0.1, -0.05) is 0 Å². The van der Waals surface area contributed by atoms with E-state index in [9.17, 15) is 14.7 Å². The Morgan fingerprint density at radius 3 is 2.82 bits per heavy atom. The second-order valence-corrected chi connectivity index (χ2v) is 5.23. The highest BCUT2D eigenvalue weighted by Crippen LogP contribution is 2.34. The summed E-state index contributed by atoms with van der Waals surface area (Å²) in [5, 5.41) is 22.6. The van der Waals surface area contributed by atoms with E-state index in [2.05, 4.69) is 10.1 Å². The van der Waals surface area contributed by atoms with Crippen LogP contribution in [0.3, 0.4) is 0 Å². The SMILES string of the molecule is O=C(O)CCCn1nc2c(c1C(=O)O)CCc1cnccc1-2. The summed E-state index contributed by atoms with van der Waals surface area (Å²) in [4.78, 5) is 26.3. The highest BCUT2D eigenvalue weighted by Gasteiger charge is 2.27. The van der Waals surface area contributed by atoms with Gasteiger partial charge in [-0.3, -0.25) is 14.5 Å². The number of aryl methyl sites for hydroxylation is 2. The molecule has 0 spiro atoms. The summed E-state index contributed by atoms with van der Waals surface area (Å²) in [5.74, 6) is -1.92. The molecule has 0 bridgehead atoms. The minimum Gasteiger partial charge on any atom is -0.481 e. The summed E-state index contributed by atoms with van der Waals surface area (Å²) in [6, 6.07) is 1.84. The number of carbonyl (C=O) groups is 2. The smallest absolute Gasteiger partial charge is 0.354 e. The molecule has 2 aromatic rings. The molecular weight excluding hydrogens is 286 g/mol. The molecule has 1 aliphatic carbocycles. The molecule has 1 aliphatic rings. The van der Waals surface area contributed by atoms with Crippen LogP contribution < -0.4 is 0 Å². The van der Waals surface area contributed by atoms with Crippen molar-refractivity contribution < 1.29 is 19.8 Å². The fraction of sp³-hybridized carbons (Fsp3) is 0.333. The van der Waals surface area contributed by atoms with Gasteiger partial charge in [0.1, 0.15) is 5.69 Å². The van der Waals surface area contributed by atoms with Gasteiger partial charge in [0, 0.05) is 36.5 Å². The number of hydrogen-bond donors (Lipinski definition) is 2. The van der Waals surface area contributed by atoms with Gasteiger partial charge in [-0.15, -0.1) is 0 Å². The van der Waals surface area contributed by atoms with Crippen LogP contribution in [0, 0.1) is 0 Å². The molecular formula is C15H15N3O4. The van der Waals surface area contributed by atoms with Gasteiger partial charge in [-0.25, -0.2) is 4.79 Å². The number of carboxylic acids is 2. The van der Waals surface area contributed by atoms with Crippen LogP contribution in [-0.2, 0) is 24.2 Å². The largest absolute Gasteiger partial charge is 0.481 e. The molecule has 7 heteroatoms. The standard InChI is InChI=1S/C15H15N3O4/c19-12(20)2-1-7-18-14(15(21)22)11-4-3-9-8-16-6-5-10(9)13(11)17-18/h5-6,8H,1-4,7H2,(H,19,20)(H,21,22).